The monoisotopic (exact) mass is 335 g/mol. The summed E-state index contributed by atoms with van der Waals surface area (Å²) in [5, 5.41) is 16.2. The molecule has 2 N–H and O–H groups in total. The van der Waals surface area contributed by atoms with Crippen molar-refractivity contribution in [1.29, 1.82) is 0 Å². The lowest BCUT2D eigenvalue weighted by Crippen LogP contribution is -2.25. The van der Waals surface area contributed by atoms with E-state index in [4.69, 9.17) is 5.11 Å². The highest BCUT2D eigenvalue weighted by atomic mass is 16.3. The topological polar surface area (TPSA) is 67.2 Å². The molecule has 0 bridgehead atoms. The van der Waals surface area contributed by atoms with Crippen LogP contribution < -0.4 is 5.32 Å². The van der Waals surface area contributed by atoms with Crippen LogP contribution in [-0.2, 0) is 19.6 Å². The predicted octanol–water partition coefficient (Wildman–Crippen LogP) is 2.40. The molecule has 1 aromatic heterocycles. The number of aromatic nitrogens is 2. The third kappa shape index (κ3) is 4.78. The molecule has 3 rings (SSSR count). The summed E-state index contributed by atoms with van der Waals surface area (Å²) < 4.78 is 1.76. The zero-order chi connectivity index (χ0) is 17.5. The van der Waals surface area contributed by atoms with Crippen LogP contribution in [0, 0.1) is 0 Å². The fourth-order valence-electron chi connectivity index (χ4n) is 2.57. The van der Waals surface area contributed by atoms with Crippen LogP contribution >= 0.6 is 0 Å². The van der Waals surface area contributed by atoms with Gasteiger partial charge in [-0.3, -0.25) is 9.48 Å². The molecule has 2 aromatic carbocycles. The highest BCUT2D eigenvalue weighted by Crippen LogP contribution is 2.06. The Balaban J connectivity index is 1.49. The maximum Gasteiger partial charge on any atom is 0.254 e. The van der Waals surface area contributed by atoms with Gasteiger partial charge < -0.3 is 10.4 Å². The van der Waals surface area contributed by atoms with Crippen molar-refractivity contribution in [3.05, 3.63) is 89.2 Å². The molecule has 0 aliphatic heterocycles. The molecule has 3 aromatic rings. The van der Waals surface area contributed by atoms with E-state index in [1.165, 1.54) is 0 Å². The molecule has 0 aliphatic carbocycles. The minimum atomic E-state index is -0.119. The largest absolute Gasteiger partial charge is 0.392 e. The number of carbonyl (C=O) groups is 1. The fourth-order valence-corrected chi connectivity index (χ4v) is 2.57. The van der Waals surface area contributed by atoms with Crippen LogP contribution in [0.4, 0.5) is 0 Å². The van der Waals surface area contributed by atoms with E-state index >= 15 is 0 Å². The van der Waals surface area contributed by atoms with Crippen molar-refractivity contribution in [2.75, 3.05) is 6.54 Å². The van der Waals surface area contributed by atoms with Gasteiger partial charge in [-0.25, -0.2) is 0 Å². The second-order valence-electron chi connectivity index (χ2n) is 5.89. The Labute approximate surface area is 146 Å². The molecular formula is C20H21N3O2. The molecule has 0 radical (unpaired) electrons. The van der Waals surface area contributed by atoms with Gasteiger partial charge in [0.05, 0.1) is 24.9 Å². The van der Waals surface area contributed by atoms with E-state index in [1.54, 1.807) is 17.1 Å². The van der Waals surface area contributed by atoms with Crippen LogP contribution in [0.3, 0.4) is 0 Å². The Morgan fingerprint density at radius 2 is 1.72 bits per heavy atom. The summed E-state index contributed by atoms with van der Waals surface area (Å²) in [5.41, 5.74) is 3.71. The van der Waals surface area contributed by atoms with E-state index in [-0.39, 0.29) is 12.5 Å². The van der Waals surface area contributed by atoms with Gasteiger partial charge in [0, 0.05) is 12.7 Å². The molecule has 0 saturated carbocycles. The lowest BCUT2D eigenvalue weighted by atomic mass is 10.1. The Morgan fingerprint density at radius 1 is 1.00 bits per heavy atom. The second kappa shape index (κ2) is 8.26. The summed E-state index contributed by atoms with van der Waals surface area (Å²) in [6, 6.07) is 17.7. The number of benzene rings is 2. The average Bonchev–Trinajstić information content (AvgIpc) is 3.12. The highest BCUT2D eigenvalue weighted by molar-refractivity contribution is 5.93. The molecule has 0 saturated heterocycles. The average molecular weight is 335 g/mol. The van der Waals surface area contributed by atoms with Crippen molar-refractivity contribution in [2.24, 2.45) is 0 Å². The Hall–Kier alpha value is -2.92. The summed E-state index contributed by atoms with van der Waals surface area (Å²) in [7, 11) is 0. The quantitative estimate of drug-likeness (QED) is 0.697. The predicted molar refractivity (Wildman–Crippen MR) is 96.2 cm³/mol. The molecule has 0 atom stereocenters. The summed E-state index contributed by atoms with van der Waals surface area (Å²) >= 11 is 0. The standard InChI is InChI=1S/C20H21N3O2/c24-15-18-8-6-16(7-9-18)10-11-21-20(25)19-12-22-23(14-19)13-17-4-2-1-3-5-17/h1-9,12,14,24H,10-11,13,15H2,(H,21,25). The fraction of sp³-hybridized carbons (Fsp3) is 0.200. The molecule has 0 fully saturated rings. The number of nitrogens with zero attached hydrogens (tertiary/aromatic N) is 2. The van der Waals surface area contributed by atoms with E-state index in [2.05, 4.69) is 10.4 Å². The van der Waals surface area contributed by atoms with Crippen LogP contribution in [-0.4, -0.2) is 27.3 Å². The number of nitrogens with one attached hydrogen (secondary N) is 1. The van der Waals surface area contributed by atoms with Gasteiger partial charge in [0.15, 0.2) is 0 Å². The lowest BCUT2D eigenvalue weighted by molar-refractivity contribution is 0.0954. The number of rotatable bonds is 7. The summed E-state index contributed by atoms with van der Waals surface area (Å²) in [4.78, 5) is 12.2. The summed E-state index contributed by atoms with van der Waals surface area (Å²) in [6.45, 7) is 1.25. The molecule has 1 heterocycles. The van der Waals surface area contributed by atoms with E-state index in [9.17, 15) is 4.79 Å². The van der Waals surface area contributed by atoms with Gasteiger partial charge in [0.25, 0.3) is 5.91 Å². The van der Waals surface area contributed by atoms with E-state index in [1.807, 2.05) is 54.6 Å². The van der Waals surface area contributed by atoms with Crippen LogP contribution in [0.15, 0.2) is 67.0 Å². The number of aliphatic hydroxyl groups is 1. The first-order chi connectivity index (χ1) is 12.2. The van der Waals surface area contributed by atoms with E-state index < -0.39 is 0 Å². The summed E-state index contributed by atoms with van der Waals surface area (Å²) in [5.74, 6) is -0.119. The third-order valence-electron chi connectivity index (χ3n) is 3.99. The van der Waals surface area contributed by atoms with Crippen molar-refractivity contribution in [3.63, 3.8) is 0 Å². The molecule has 0 unspecified atom stereocenters. The van der Waals surface area contributed by atoms with Gasteiger partial charge in [-0.2, -0.15) is 5.10 Å². The first-order valence-electron chi connectivity index (χ1n) is 8.28. The lowest BCUT2D eigenvalue weighted by Gasteiger charge is -2.05. The molecule has 25 heavy (non-hydrogen) atoms. The van der Waals surface area contributed by atoms with Crippen LogP contribution in [0.2, 0.25) is 0 Å². The third-order valence-corrected chi connectivity index (χ3v) is 3.99. The number of hydrogen-bond acceptors (Lipinski definition) is 3. The van der Waals surface area contributed by atoms with Crippen molar-refractivity contribution in [3.8, 4) is 0 Å². The number of amides is 1. The summed E-state index contributed by atoms with van der Waals surface area (Å²) in [6.07, 6.45) is 4.10. The Bertz CT molecular complexity index is 810. The number of hydrogen-bond donors (Lipinski definition) is 2. The second-order valence-corrected chi connectivity index (χ2v) is 5.89. The Kier molecular flexibility index (Phi) is 5.59. The van der Waals surface area contributed by atoms with Crippen molar-refractivity contribution in [2.45, 2.75) is 19.6 Å². The van der Waals surface area contributed by atoms with Gasteiger partial charge in [-0.1, -0.05) is 54.6 Å². The molecule has 5 nitrogen and oxygen atoms in total. The molecule has 128 valence electrons. The van der Waals surface area contributed by atoms with Gasteiger partial charge in [-0.15, -0.1) is 0 Å². The van der Waals surface area contributed by atoms with Gasteiger partial charge in [-0.05, 0) is 23.1 Å². The smallest absolute Gasteiger partial charge is 0.254 e. The molecule has 0 spiro atoms. The van der Waals surface area contributed by atoms with Crippen molar-refractivity contribution in [1.82, 2.24) is 15.1 Å². The van der Waals surface area contributed by atoms with Crippen LogP contribution in [0.5, 0.6) is 0 Å². The normalized spacial score (nSPS) is 10.6. The zero-order valence-corrected chi connectivity index (χ0v) is 13.9. The van der Waals surface area contributed by atoms with E-state index in [0.29, 0.717) is 18.7 Å². The molecular weight excluding hydrogens is 314 g/mol. The Morgan fingerprint density at radius 3 is 2.44 bits per heavy atom. The van der Waals surface area contributed by atoms with Crippen LogP contribution in [0.25, 0.3) is 0 Å². The molecule has 1 amide bonds. The first kappa shape index (κ1) is 16.9. The minimum Gasteiger partial charge on any atom is -0.392 e. The van der Waals surface area contributed by atoms with Gasteiger partial charge in [0.1, 0.15) is 0 Å². The molecule has 0 aliphatic rings. The maximum absolute atomic E-state index is 12.2. The highest BCUT2D eigenvalue weighted by Gasteiger charge is 2.08. The number of aliphatic hydroxyl groups excluding tert-OH is 1. The van der Waals surface area contributed by atoms with Crippen LogP contribution in [0.1, 0.15) is 27.0 Å². The minimum absolute atomic E-state index is 0.0456. The molecule has 5 heteroatoms. The van der Waals surface area contributed by atoms with E-state index in [0.717, 1.165) is 23.1 Å². The van der Waals surface area contributed by atoms with Gasteiger partial charge in [0.2, 0.25) is 0 Å². The van der Waals surface area contributed by atoms with Crippen molar-refractivity contribution < 1.29 is 9.90 Å². The number of carbonyl (C=O) groups excluding carboxylic acids is 1. The van der Waals surface area contributed by atoms with Gasteiger partial charge >= 0.3 is 0 Å². The van der Waals surface area contributed by atoms with Crippen molar-refractivity contribution >= 4 is 5.91 Å². The SMILES string of the molecule is O=C(NCCc1ccc(CO)cc1)c1cnn(Cc2ccccc2)c1. The zero-order valence-electron chi connectivity index (χ0n) is 13.9. The maximum atomic E-state index is 12.2. The first-order valence-corrected chi connectivity index (χ1v) is 8.28.